The Kier molecular flexibility index (Phi) is 9.41. The first kappa shape index (κ1) is 28.0. The summed E-state index contributed by atoms with van der Waals surface area (Å²) in [7, 11) is 0. The summed E-state index contributed by atoms with van der Waals surface area (Å²) in [5, 5.41) is 2.84. The van der Waals surface area contributed by atoms with Crippen LogP contribution in [-0.2, 0) is 4.79 Å². The molecule has 8 nitrogen and oxygen atoms in total. The lowest BCUT2D eigenvalue weighted by Crippen LogP contribution is -2.38. The largest absolute Gasteiger partial charge is 0.459 e. The third-order valence-electron chi connectivity index (χ3n) is 7.34. The number of carbonyl (C=O) groups is 3. The third kappa shape index (κ3) is 6.50. The van der Waals surface area contributed by atoms with Crippen molar-refractivity contribution >= 4 is 29.1 Å². The van der Waals surface area contributed by atoms with Gasteiger partial charge in [-0.25, -0.2) is 0 Å². The van der Waals surface area contributed by atoms with Crippen LogP contribution in [0.3, 0.4) is 0 Å². The molecule has 0 saturated carbocycles. The predicted molar refractivity (Wildman–Crippen MR) is 153 cm³/mol. The molecule has 0 aliphatic carbocycles. The first-order valence-electron chi connectivity index (χ1n) is 13.8. The van der Waals surface area contributed by atoms with Crippen molar-refractivity contribution in [2.75, 3.05) is 49.5 Å². The zero-order valence-electron chi connectivity index (χ0n) is 23.1. The number of carbonyl (C=O) groups excluding carboxylic acids is 3. The SMILES string of the molecule is CCC(C(=O)N1CCCN(c2ccc(NC(=O)c3ccco3)cc2C(=O)N(CC)CC)CC1)c1ccccc1. The van der Waals surface area contributed by atoms with Gasteiger partial charge in [0.1, 0.15) is 0 Å². The van der Waals surface area contributed by atoms with Gasteiger partial charge in [0.15, 0.2) is 5.76 Å². The predicted octanol–water partition coefficient (Wildman–Crippen LogP) is 5.25. The smallest absolute Gasteiger partial charge is 0.291 e. The highest BCUT2D eigenvalue weighted by Gasteiger charge is 2.28. The molecular weight excluding hydrogens is 492 g/mol. The van der Waals surface area contributed by atoms with Crippen molar-refractivity contribution in [1.82, 2.24) is 9.80 Å². The molecule has 0 bridgehead atoms. The van der Waals surface area contributed by atoms with Crippen LogP contribution in [0.5, 0.6) is 0 Å². The first-order chi connectivity index (χ1) is 19.0. The summed E-state index contributed by atoms with van der Waals surface area (Å²) in [6, 6.07) is 18.7. The number of benzene rings is 2. The number of hydrogen-bond acceptors (Lipinski definition) is 5. The molecule has 1 fully saturated rings. The number of furan rings is 1. The molecule has 1 atom stereocenters. The van der Waals surface area contributed by atoms with Gasteiger partial charge in [-0.1, -0.05) is 37.3 Å². The molecule has 1 aliphatic rings. The van der Waals surface area contributed by atoms with Gasteiger partial charge in [0.05, 0.1) is 17.7 Å². The Morgan fingerprint density at radius 2 is 1.69 bits per heavy atom. The van der Waals surface area contributed by atoms with Gasteiger partial charge >= 0.3 is 0 Å². The molecule has 8 heteroatoms. The summed E-state index contributed by atoms with van der Waals surface area (Å²) < 4.78 is 5.21. The normalized spacial score (nSPS) is 14.4. The van der Waals surface area contributed by atoms with E-state index in [1.807, 2.05) is 61.2 Å². The summed E-state index contributed by atoms with van der Waals surface area (Å²) in [5.74, 6) is -0.261. The number of amides is 3. The average Bonchev–Trinajstić information content (AvgIpc) is 3.40. The van der Waals surface area contributed by atoms with Crippen LogP contribution in [0.2, 0.25) is 0 Å². The quantitative estimate of drug-likeness (QED) is 0.409. The summed E-state index contributed by atoms with van der Waals surface area (Å²) in [5.41, 5.74) is 2.92. The first-order valence-corrected chi connectivity index (χ1v) is 13.8. The maximum Gasteiger partial charge on any atom is 0.291 e. The van der Waals surface area contributed by atoms with E-state index in [1.54, 1.807) is 23.1 Å². The molecule has 206 valence electrons. The molecule has 0 radical (unpaired) electrons. The molecule has 1 saturated heterocycles. The lowest BCUT2D eigenvalue weighted by Gasteiger charge is -2.29. The van der Waals surface area contributed by atoms with Crippen LogP contribution in [0.15, 0.2) is 71.3 Å². The monoisotopic (exact) mass is 530 g/mol. The second-order valence-electron chi connectivity index (χ2n) is 9.68. The molecule has 4 rings (SSSR count). The van der Waals surface area contributed by atoms with Crippen molar-refractivity contribution in [2.24, 2.45) is 0 Å². The van der Waals surface area contributed by atoms with E-state index < -0.39 is 0 Å². The summed E-state index contributed by atoms with van der Waals surface area (Å²) in [4.78, 5) is 45.6. The van der Waals surface area contributed by atoms with Crippen LogP contribution in [-0.4, -0.2) is 66.8 Å². The highest BCUT2D eigenvalue weighted by atomic mass is 16.3. The molecular formula is C31H38N4O4. The van der Waals surface area contributed by atoms with Gasteiger partial charge in [-0.05, 0) is 62.6 Å². The molecule has 1 unspecified atom stereocenters. The molecule has 1 aromatic heterocycles. The molecule has 2 aromatic carbocycles. The molecule has 3 aromatic rings. The zero-order valence-corrected chi connectivity index (χ0v) is 23.1. The average molecular weight is 531 g/mol. The van der Waals surface area contributed by atoms with Crippen molar-refractivity contribution in [2.45, 2.75) is 39.5 Å². The Bertz CT molecular complexity index is 1250. The Labute approximate surface area is 230 Å². The van der Waals surface area contributed by atoms with Gasteiger partial charge < -0.3 is 24.4 Å². The maximum absolute atomic E-state index is 13.6. The lowest BCUT2D eigenvalue weighted by atomic mass is 9.95. The maximum atomic E-state index is 13.6. The number of anilines is 2. The van der Waals surface area contributed by atoms with Gasteiger partial charge in [-0.15, -0.1) is 0 Å². The summed E-state index contributed by atoms with van der Waals surface area (Å²) in [6.07, 6.45) is 2.99. The van der Waals surface area contributed by atoms with Crippen LogP contribution >= 0.6 is 0 Å². The molecule has 1 N–H and O–H groups in total. The zero-order chi connectivity index (χ0) is 27.8. The van der Waals surface area contributed by atoms with Gasteiger partial charge in [0, 0.05) is 50.6 Å². The Hall–Kier alpha value is -4.07. The fraction of sp³-hybridized carbons (Fsp3) is 0.387. The highest BCUT2D eigenvalue weighted by molar-refractivity contribution is 6.05. The second kappa shape index (κ2) is 13.1. The third-order valence-corrected chi connectivity index (χ3v) is 7.34. The Morgan fingerprint density at radius 3 is 2.36 bits per heavy atom. The van der Waals surface area contributed by atoms with E-state index in [1.165, 1.54) is 6.26 Å². The second-order valence-corrected chi connectivity index (χ2v) is 9.68. The van der Waals surface area contributed by atoms with E-state index in [2.05, 4.69) is 17.1 Å². The van der Waals surface area contributed by atoms with Crippen molar-refractivity contribution < 1.29 is 18.8 Å². The van der Waals surface area contributed by atoms with E-state index >= 15 is 0 Å². The minimum atomic E-state index is -0.373. The van der Waals surface area contributed by atoms with E-state index in [9.17, 15) is 14.4 Å². The number of rotatable bonds is 9. The van der Waals surface area contributed by atoms with Gasteiger partial charge in [0.2, 0.25) is 5.91 Å². The van der Waals surface area contributed by atoms with Crippen molar-refractivity contribution in [3.05, 3.63) is 83.8 Å². The Morgan fingerprint density at radius 1 is 0.923 bits per heavy atom. The number of nitrogens with zero attached hydrogens (tertiary/aromatic N) is 3. The van der Waals surface area contributed by atoms with Gasteiger partial charge in [-0.3, -0.25) is 14.4 Å². The number of hydrogen-bond donors (Lipinski definition) is 1. The van der Waals surface area contributed by atoms with E-state index in [-0.39, 0.29) is 29.4 Å². The van der Waals surface area contributed by atoms with Crippen LogP contribution in [0, 0.1) is 0 Å². The van der Waals surface area contributed by atoms with Crippen molar-refractivity contribution in [3.8, 4) is 0 Å². The van der Waals surface area contributed by atoms with E-state index in [0.717, 1.165) is 30.6 Å². The molecule has 0 spiro atoms. The number of nitrogens with one attached hydrogen (secondary N) is 1. The summed E-state index contributed by atoms with van der Waals surface area (Å²) in [6.45, 7) is 9.72. The summed E-state index contributed by atoms with van der Waals surface area (Å²) >= 11 is 0. The fourth-order valence-corrected chi connectivity index (χ4v) is 5.18. The Balaban J connectivity index is 1.56. The minimum absolute atomic E-state index is 0.0867. The lowest BCUT2D eigenvalue weighted by molar-refractivity contribution is -0.132. The van der Waals surface area contributed by atoms with Gasteiger partial charge in [0.25, 0.3) is 11.8 Å². The van der Waals surface area contributed by atoms with Crippen LogP contribution in [0.1, 0.15) is 66.0 Å². The fourth-order valence-electron chi connectivity index (χ4n) is 5.18. The van der Waals surface area contributed by atoms with Crippen LogP contribution < -0.4 is 10.2 Å². The minimum Gasteiger partial charge on any atom is -0.459 e. The van der Waals surface area contributed by atoms with E-state index in [4.69, 9.17) is 4.42 Å². The molecule has 2 heterocycles. The van der Waals surface area contributed by atoms with Gasteiger partial charge in [-0.2, -0.15) is 0 Å². The van der Waals surface area contributed by atoms with Crippen LogP contribution in [0.25, 0.3) is 0 Å². The van der Waals surface area contributed by atoms with Crippen molar-refractivity contribution in [3.63, 3.8) is 0 Å². The molecule has 1 aliphatic heterocycles. The molecule has 3 amide bonds. The van der Waals surface area contributed by atoms with Crippen LogP contribution in [0.4, 0.5) is 11.4 Å². The standard InChI is InChI=1S/C31H38N4O4/c1-4-25(23-12-8-7-9-13-23)30(37)35-18-11-17-34(19-20-35)27-16-15-24(32-29(36)28-14-10-21-39-28)22-26(27)31(38)33(5-2)6-3/h7-10,12-16,21-22,25H,4-6,11,17-20H2,1-3H3,(H,32,36). The topological polar surface area (TPSA) is 86.1 Å². The van der Waals surface area contributed by atoms with E-state index in [0.29, 0.717) is 44.0 Å². The molecule has 39 heavy (non-hydrogen) atoms. The highest BCUT2D eigenvalue weighted by Crippen LogP contribution is 2.29. The van der Waals surface area contributed by atoms with Crippen molar-refractivity contribution in [1.29, 1.82) is 0 Å².